The zero-order chi connectivity index (χ0) is 11.6. The van der Waals surface area contributed by atoms with Crippen LogP contribution in [0.2, 0.25) is 0 Å². The molecule has 0 saturated carbocycles. The zero-order valence-corrected chi connectivity index (χ0v) is 9.76. The van der Waals surface area contributed by atoms with E-state index in [0.29, 0.717) is 0 Å². The van der Waals surface area contributed by atoms with Gasteiger partial charge in [0.15, 0.2) is 0 Å². The van der Waals surface area contributed by atoms with E-state index in [2.05, 4.69) is 9.72 Å². The molecule has 84 valence electrons. The highest BCUT2D eigenvalue weighted by Crippen LogP contribution is 2.31. The topological polar surface area (TPSA) is 42.4 Å². The van der Waals surface area contributed by atoms with E-state index in [-0.39, 0.29) is 20.6 Å². The van der Waals surface area contributed by atoms with E-state index in [4.69, 9.17) is 5.11 Å². The number of halogens is 4. The number of alkyl halides is 3. The number of aliphatic hydroxyl groups excluding tert-OH is 1. The lowest BCUT2D eigenvalue weighted by Crippen LogP contribution is -2.19. The van der Waals surface area contributed by atoms with Gasteiger partial charge in [-0.2, -0.15) is 0 Å². The Bertz CT molecular complexity index is 368. The number of hydrogen-bond donors (Lipinski definition) is 1. The van der Waals surface area contributed by atoms with Crippen LogP contribution in [0.3, 0.4) is 0 Å². The number of hydrogen-bond acceptors (Lipinski definition) is 3. The van der Waals surface area contributed by atoms with Crippen molar-refractivity contribution in [3.63, 3.8) is 0 Å². The van der Waals surface area contributed by atoms with Crippen molar-refractivity contribution in [1.82, 2.24) is 4.98 Å². The van der Waals surface area contributed by atoms with Crippen molar-refractivity contribution in [2.75, 3.05) is 0 Å². The van der Waals surface area contributed by atoms with Gasteiger partial charge >= 0.3 is 6.36 Å². The second kappa shape index (κ2) is 4.52. The molecule has 0 spiro atoms. The summed E-state index contributed by atoms with van der Waals surface area (Å²) >= 11 is 1.69. The van der Waals surface area contributed by atoms with Crippen LogP contribution in [0, 0.1) is 10.5 Å². The molecule has 0 fully saturated rings. The maximum Gasteiger partial charge on any atom is 0.573 e. The number of ether oxygens (including phenoxy) is 1. The Labute approximate surface area is 97.4 Å². The molecule has 0 amide bonds. The first-order chi connectivity index (χ1) is 6.85. The van der Waals surface area contributed by atoms with Crippen LogP contribution >= 0.6 is 22.6 Å². The average Bonchev–Trinajstić information content (AvgIpc) is 2.11. The van der Waals surface area contributed by atoms with Gasteiger partial charge in [-0.15, -0.1) is 13.2 Å². The highest BCUT2D eigenvalue weighted by atomic mass is 127. The van der Waals surface area contributed by atoms with E-state index >= 15 is 0 Å². The first-order valence-corrected chi connectivity index (χ1v) is 4.93. The van der Waals surface area contributed by atoms with Gasteiger partial charge in [-0.3, -0.25) is 4.98 Å². The lowest BCUT2D eigenvalue weighted by atomic mass is 10.2. The summed E-state index contributed by atoms with van der Waals surface area (Å²) in [4.78, 5) is 3.78. The van der Waals surface area contributed by atoms with Gasteiger partial charge in [0.2, 0.25) is 0 Å². The first-order valence-electron chi connectivity index (χ1n) is 3.85. The van der Waals surface area contributed by atoms with Crippen molar-refractivity contribution in [3.05, 3.63) is 21.0 Å². The van der Waals surface area contributed by atoms with Crippen molar-refractivity contribution in [2.45, 2.75) is 19.9 Å². The van der Waals surface area contributed by atoms with Crippen LogP contribution in [0.25, 0.3) is 0 Å². The molecule has 1 heterocycles. The van der Waals surface area contributed by atoms with Crippen molar-refractivity contribution in [3.8, 4) is 5.75 Å². The highest BCUT2D eigenvalue weighted by Gasteiger charge is 2.33. The van der Waals surface area contributed by atoms with Gasteiger partial charge in [0.25, 0.3) is 0 Å². The van der Waals surface area contributed by atoms with Gasteiger partial charge in [0.1, 0.15) is 5.75 Å². The first kappa shape index (κ1) is 12.5. The van der Waals surface area contributed by atoms with Crippen LogP contribution in [0.1, 0.15) is 11.3 Å². The molecule has 0 aliphatic rings. The van der Waals surface area contributed by atoms with Crippen LogP contribution in [0.15, 0.2) is 6.20 Å². The third-order valence-electron chi connectivity index (χ3n) is 1.69. The Hall–Kier alpha value is -0.570. The molecule has 0 saturated heterocycles. The van der Waals surface area contributed by atoms with Gasteiger partial charge in [-0.25, -0.2) is 0 Å². The molecule has 1 aromatic rings. The second-order valence-corrected chi connectivity index (χ2v) is 3.88. The predicted molar refractivity (Wildman–Crippen MR) is 54.3 cm³/mol. The van der Waals surface area contributed by atoms with E-state index in [1.54, 1.807) is 22.6 Å². The van der Waals surface area contributed by atoms with Crippen LogP contribution in [-0.2, 0) is 6.61 Å². The summed E-state index contributed by atoms with van der Waals surface area (Å²) in [7, 11) is 0. The standard InChI is InChI=1S/C8H7F3INO2/c1-4-6(3-14)13-2-5(12)7(4)15-8(9,10)11/h2,14H,3H2,1H3. The number of aliphatic hydroxyl groups is 1. The monoisotopic (exact) mass is 333 g/mol. The third kappa shape index (κ3) is 3.20. The van der Waals surface area contributed by atoms with Gasteiger partial charge in [0, 0.05) is 11.8 Å². The molecular formula is C8H7F3INO2. The third-order valence-corrected chi connectivity index (χ3v) is 2.46. The van der Waals surface area contributed by atoms with Gasteiger partial charge in [0.05, 0.1) is 15.9 Å². The van der Waals surface area contributed by atoms with Crippen molar-refractivity contribution in [1.29, 1.82) is 0 Å². The Kier molecular flexibility index (Phi) is 3.77. The molecule has 0 aliphatic carbocycles. The molecule has 0 aliphatic heterocycles. The second-order valence-electron chi connectivity index (χ2n) is 2.71. The lowest BCUT2D eigenvalue weighted by Gasteiger charge is -2.14. The van der Waals surface area contributed by atoms with Gasteiger partial charge < -0.3 is 9.84 Å². The minimum atomic E-state index is -4.74. The fourth-order valence-electron chi connectivity index (χ4n) is 1.00. The molecule has 0 radical (unpaired) electrons. The van der Waals surface area contributed by atoms with E-state index in [9.17, 15) is 13.2 Å². The van der Waals surface area contributed by atoms with Gasteiger partial charge in [-0.1, -0.05) is 0 Å². The largest absolute Gasteiger partial charge is 0.573 e. The fraction of sp³-hybridized carbons (Fsp3) is 0.375. The van der Waals surface area contributed by atoms with E-state index in [1.165, 1.54) is 13.1 Å². The minimum Gasteiger partial charge on any atom is -0.404 e. The summed E-state index contributed by atoms with van der Waals surface area (Å²) in [5, 5.41) is 8.83. The minimum absolute atomic E-state index is 0.176. The number of aromatic nitrogens is 1. The molecule has 7 heteroatoms. The van der Waals surface area contributed by atoms with Crippen molar-refractivity contribution >= 4 is 22.6 Å². The molecule has 1 aromatic heterocycles. The summed E-state index contributed by atoms with van der Waals surface area (Å²) < 4.78 is 40.2. The fourth-order valence-corrected chi connectivity index (χ4v) is 1.65. The molecule has 0 atom stereocenters. The maximum absolute atomic E-state index is 12.0. The van der Waals surface area contributed by atoms with Crippen LogP contribution in [0.5, 0.6) is 5.75 Å². The predicted octanol–water partition coefficient (Wildman–Crippen LogP) is 2.39. The highest BCUT2D eigenvalue weighted by molar-refractivity contribution is 14.1. The Morgan fingerprint density at radius 1 is 1.53 bits per heavy atom. The average molecular weight is 333 g/mol. The smallest absolute Gasteiger partial charge is 0.404 e. The van der Waals surface area contributed by atoms with Crippen LogP contribution in [-0.4, -0.2) is 16.5 Å². The summed E-state index contributed by atoms with van der Waals surface area (Å²) in [6.07, 6.45) is -3.51. The quantitative estimate of drug-likeness (QED) is 0.845. The van der Waals surface area contributed by atoms with E-state index in [0.717, 1.165) is 0 Å². The Morgan fingerprint density at radius 2 is 2.13 bits per heavy atom. The number of rotatable bonds is 2. The molecule has 1 N–H and O–H groups in total. The summed E-state index contributed by atoms with van der Waals surface area (Å²) in [5.41, 5.74) is 0.372. The molecule has 0 unspecified atom stereocenters. The molecular weight excluding hydrogens is 326 g/mol. The Balaban J connectivity index is 3.15. The lowest BCUT2D eigenvalue weighted by molar-refractivity contribution is -0.275. The zero-order valence-electron chi connectivity index (χ0n) is 7.60. The number of pyridine rings is 1. The molecule has 0 aromatic carbocycles. The van der Waals surface area contributed by atoms with Crippen molar-refractivity contribution in [2.24, 2.45) is 0 Å². The summed E-state index contributed by atoms with van der Waals surface area (Å²) in [6, 6.07) is 0. The van der Waals surface area contributed by atoms with Gasteiger partial charge in [-0.05, 0) is 29.5 Å². The number of nitrogens with zero attached hydrogens (tertiary/aromatic N) is 1. The van der Waals surface area contributed by atoms with E-state index < -0.39 is 13.0 Å². The molecule has 0 bridgehead atoms. The SMILES string of the molecule is Cc1c(CO)ncc(I)c1OC(F)(F)F. The normalized spacial score (nSPS) is 11.6. The van der Waals surface area contributed by atoms with E-state index in [1.807, 2.05) is 0 Å². The maximum atomic E-state index is 12.0. The molecule has 3 nitrogen and oxygen atoms in total. The van der Waals surface area contributed by atoms with Crippen molar-refractivity contribution < 1.29 is 23.0 Å². The van der Waals surface area contributed by atoms with Crippen LogP contribution in [0.4, 0.5) is 13.2 Å². The summed E-state index contributed by atoms with van der Waals surface area (Å²) in [5.74, 6) is -0.304. The molecule has 1 rings (SSSR count). The molecule has 15 heavy (non-hydrogen) atoms. The van der Waals surface area contributed by atoms with Crippen LogP contribution < -0.4 is 4.74 Å². The Morgan fingerprint density at radius 3 is 2.60 bits per heavy atom. The summed E-state index contributed by atoms with van der Waals surface area (Å²) in [6.45, 7) is 0.999.